The zero-order valence-electron chi connectivity index (χ0n) is 7.87. The van der Waals surface area contributed by atoms with Crippen molar-refractivity contribution in [1.82, 2.24) is 3.90 Å². The molecule has 1 fully saturated rings. The Bertz CT molecular complexity index is 198. The third kappa shape index (κ3) is 2.05. The number of halogens is 4. The minimum atomic E-state index is -4.73. The van der Waals surface area contributed by atoms with Gasteiger partial charge in [0, 0.05) is 12.1 Å². The summed E-state index contributed by atoms with van der Waals surface area (Å²) in [5.41, 5.74) is 0. The van der Waals surface area contributed by atoms with E-state index in [-0.39, 0.29) is 0 Å². The maximum atomic E-state index is 13.3. The predicted molar refractivity (Wildman–Crippen MR) is 50.7 cm³/mol. The molecule has 1 saturated heterocycles. The van der Waals surface area contributed by atoms with Crippen LogP contribution in [0.3, 0.4) is 0 Å². The Kier molecular flexibility index (Phi) is 2.55. The molecule has 8 heteroatoms. The molecular formula is C5H13F4NSi3. The molecule has 0 aromatic rings. The van der Waals surface area contributed by atoms with E-state index in [4.69, 9.17) is 0 Å². The van der Waals surface area contributed by atoms with Crippen LogP contribution in [0.2, 0.25) is 31.7 Å². The van der Waals surface area contributed by atoms with E-state index in [1.54, 1.807) is 19.6 Å². The number of nitrogens with zero attached hydrogens (tertiary/aromatic N) is 1. The quantitative estimate of drug-likeness (QED) is 0.391. The van der Waals surface area contributed by atoms with E-state index in [2.05, 4.69) is 0 Å². The van der Waals surface area contributed by atoms with Gasteiger partial charge >= 0.3 is 17.8 Å². The standard InChI is InChI=1S/C5H13F4NSi3/c1-11(2,3)10-12(6,7)4-5-13(10,8)9/h4-5H2,1-3H3. The van der Waals surface area contributed by atoms with Gasteiger partial charge in [-0.1, -0.05) is 19.6 Å². The van der Waals surface area contributed by atoms with Crippen molar-refractivity contribution in [3.05, 3.63) is 0 Å². The average molecular weight is 247 g/mol. The van der Waals surface area contributed by atoms with E-state index in [0.717, 1.165) is 0 Å². The highest BCUT2D eigenvalue weighted by atomic mass is 28.5. The second kappa shape index (κ2) is 2.91. The molecule has 0 amide bonds. The molecule has 1 rings (SSSR count). The van der Waals surface area contributed by atoms with Crippen LogP contribution >= 0.6 is 0 Å². The summed E-state index contributed by atoms with van der Waals surface area (Å²) in [5.74, 6) is 0. The van der Waals surface area contributed by atoms with Crippen LogP contribution in [0.15, 0.2) is 0 Å². The fourth-order valence-electron chi connectivity index (χ4n) is 1.75. The van der Waals surface area contributed by atoms with E-state index in [0.29, 0.717) is 3.90 Å². The molecule has 0 aromatic carbocycles. The zero-order chi connectivity index (χ0) is 10.5. The first-order valence-corrected chi connectivity index (χ1v) is 11.4. The van der Waals surface area contributed by atoms with Crippen molar-refractivity contribution in [3.8, 4) is 0 Å². The number of hydrogen-bond donors (Lipinski definition) is 0. The third-order valence-electron chi connectivity index (χ3n) is 2.05. The Morgan fingerprint density at radius 1 is 0.923 bits per heavy atom. The summed E-state index contributed by atoms with van der Waals surface area (Å²) in [6.07, 6.45) is 0. The average Bonchev–Trinajstić information content (AvgIpc) is 1.98. The highest BCUT2D eigenvalue weighted by Crippen LogP contribution is 2.43. The minimum absolute atomic E-state index is 0.424. The van der Waals surface area contributed by atoms with Gasteiger partial charge in [-0.15, -0.1) is 0 Å². The lowest BCUT2D eigenvalue weighted by atomic mass is 11.0. The van der Waals surface area contributed by atoms with Crippen LogP contribution < -0.4 is 0 Å². The molecule has 0 saturated carbocycles. The maximum Gasteiger partial charge on any atom is 0.498 e. The smallest absolute Gasteiger partial charge is 0.267 e. The van der Waals surface area contributed by atoms with E-state index in [1.807, 2.05) is 0 Å². The molecule has 78 valence electrons. The molecule has 1 nitrogen and oxygen atoms in total. The van der Waals surface area contributed by atoms with Gasteiger partial charge in [0.1, 0.15) is 8.24 Å². The lowest BCUT2D eigenvalue weighted by Gasteiger charge is -2.36. The van der Waals surface area contributed by atoms with Gasteiger partial charge in [-0.2, -0.15) is 0 Å². The highest BCUT2D eigenvalue weighted by molar-refractivity contribution is 7.00. The largest absolute Gasteiger partial charge is 0.498 e. The van der Waals surface area contributed by atoms with Gasteiger partial charge < -0.3 is 0 Å². The molecule has 0 bridgehead atoms. The Morgan fingerprint density at radius 3 is 1.38 bits per heavy atom. The SMILES string of the molecule is C[Si](C)(C)N1[Si](F)(F)CC[Si]1(F)F. The van der Waals surface area contributed by atoms with Gasteiger partial charge in [0.25, 0.3) is 0 Å². The van der Waals surface area contributed by atoms with Crippen molar-refractivity contribution >= 4 is 26.0 Å². The fourth-order valence-corrected chi connectivity index (χ4v) is 15.7. The first kappa shape index (κ1) is 11.4. The van der Waals surface area contributed by atoms with Crippen molar-refractivity contribution < 1.29 is 16.4 Å². The Labute approximate surface area is 78.7 Å². The van der Waals surface area contributed by atoms with Gasteiger partial charge in [0.15, 0.2) is 0 Å². The summed E-state index contributed by atoms with van der Waals surface area (Å²) in [5, 5.41) is 0. The summed E-state index contributed by atoms with van der Waals surface area (Å²) in [6, 6.07) is -1.06. The molecular weight excluding hydrogens is 234 g/mol. The normalized spacial score (nSPS) is 27.9. The molecule has 0 radical (unpaired) electrons. The van der Waals surface area contributed by atoms with E-state index >= 15 is 0 Å². The van der Waals surface area contributed by atoms with Crippen LogP contribution in [0.1, 0.15) is 0 Å². The van der Waals surface area contributed by atoms with E-state index in [9.17, 15) is 16.4 Å². The lowest BCUT2D eigenvalue weighted by Crippen LogP contribution is -2.64. The fraction of sp³-hybridized carbons (Fsp3) is 1.00. The molecule has 1 aliphatic rings. The van der Waals surface area contributed by atoms with Crippen molar-refractivity contribution in [2.45, 2.75) is 31.7 Å². The third-order valence-corrected chi connectivity index (χ3v) is 14.9. The first-order chi connectivity index (χ1) is 5.57. The summed E-state index contributed by atoms with van der Waals surface area (Å²) < 4.78 is 53.4. The zero-order valence-corrected chi connectivity index (χ0v) is 10.9. The Balaban J connectivity index is 3.02. The first-order valence-electron chi connectivity index (χ1n) is 4.13. The maximum absolute atomic E-state index is 13.3. The molecule has 0 atom stereocenters. The lowest BCUT2D eigenvalue weighted by molar-refractivity contribution is 0.479. The molecule has 0 N–H and O–H groups in total. The summed E-state index contributed by atoms with van der Waals surface area (Å²) in [7, 11) is -12.0. The van der Waals surface area contributed by atoms with Gasteiger partial charge in [0.05, 0.1) is 0 Å². The van der Waals surface area contributed by atoms with Gasteiger partial charge in [-0.25, -0.2) is 0 Å². The van der Waals surface area contributed by atoms with Crippen LogP contribution in [0.5, 0.6) is 0 Å². The van der Waals surface area contributed by atoms with Crippen molar-refractivity contribution in [2.24, 2.45) is 0 Å². The van der Waals surface area contributed by atoms with Crippen LogP contribution in [0, 0.1) is 0 Å². The van der Waals surface area contributed by atoms with E-state index < -0.39 is 38.1 Å². The second-order valence-corrected chi connectivity index (χ2v) is 15.0. The minimum Gasteiger partial charge on any atom is -0.267 e. The van der Waals surface area contributed by atoms with Crippen molar-refractivity contribution in [2.75, 3.05) is 0 Å². The van der Waals surface area contributed by atoms with Crippen molar-refractivity contribution in [3.63, 3.8) is 0 Å². The summed E-state index contributed by atoms with van der Waals surface area (Å²) in [6.45, 7) is 4.71. The number of hydrogen-bond acceptors (Lipinski definition) is 1. The van der Waals surface area contributed by atoms with Crippen LogP contribution in [0.4, 0.5) is 16.4 Å². The molecule has 1 aliphatic heterocycles. The summed E-state index contributed by atoms with van der Waals surface area (Å²) in [4.78, 5) is 0. The molecule has 0 aliphatic carbocycles. The molecule has 0 aromatic heterocycles. The Hall–Kier alpha value is 0.331. The predicted octanol–water partition coefficient (Wildman–Crippen LogP) is 2.89. The van der Waals surface area contributed by atoms with Crippen LogP contribution in [-0.2, 0) is 0 Å². The topological polar surface area (TPSA) is 3.24 Å². The van der Waals surface area contributed by atoms with Gasteiger partial charge in [0.2, 0.25) is 0 Å². The molecule has 13 heavy (non-hydrogen) atoms. The monoisotopic (exact) mass is 247 g/mol. The van der Waals surface area contributed by atoms with Crippen LogP contribution in [-0.4, -0.2) is 29.9 Å². The van der Waals surface area contributed by atoms with Crippen molar-refractivity contribution in [1.29, 1.82) is 0 Å². The van der Waals surface area contributed by atoms with Crippen LogP contribution in [0.25, 0.3) is 0 Å². The molecule has 0 spiro atoms. The second-order valence-electron chi connectivity index (χ2n) is 4.34. The Morgan fingerprint density at radius 2 is 1.23 bits per heavy atom. The molecule has 0 unspecified atom stereocenters. The molecule has 1 heterocycles. The van der Waals surface area contributed by atoms with Gasteiger partial charge in [-0.3, -0.25) is 20.3 Å². The number of rotatable bonds is 1. The highest BCUT2D eigenvalue weighted by Gasteiger charge is 2.68. The summed E-state index contributed by atoms with van der Waals surface area (Å²) >= 11 is 0. The van der Waals surface area contributed by atoms with E-state index in [1.165, 1.54) is 0 Å². The van der Waals surface area contributed by atoms with Gasteiger partial charge in [-0.05, 0) is 0 Å².